The topological polar surface area (TPSA) is 0 Å². The Bertz CT molecular complexity index is 1330. The van der Waals surface area contributed by atoms with Gasteiger partial charge in [0.1, 0.15) is 0 Å². The van der Waals surface area contributed by atoms with Crippen LogP contribution < -0.4 is 0 Å². The molecule has 4 heteroatoms. The first-order valence-corrected chi connectivity index (χ1v) is 22.3. The van der Waals surface area contributed by atoms with Crippen molar-refractivity contribution in [1.82, 2.24) is 0 Å². The smallest absolute Gasteiger partial charge is 0.147 e. The quantitative estimate of drug-likeness (QED) is 0.186. The molecule has 0 N–H and O–H groups in total. The molecule has 4 aromatic rings. The van der Waals surface area contributed by atoms with Gasteiger partial charge in [0.05, 0.1) is 0 Å². The molecular formula is C26H27Cl2SiZr. The molecule has 0 aromatic heterocycles. The second kappa shape index (κ2) is 8.75. The number of hydrogen-bond donors (Lipinski definition) is 0. The summed E-state index contributed by atoms with van der Waals surface area (Å²) in [5.74, 6) is 0. The molecule has 4 aromatic carbocycles. The van der Waals surface area contributed by atoms with Crippen molar-refractivity contribution < 1.29 is 18.9 Å². The molecule has 1 unspecified atom stereocenters. The van der Waals surface area contributed by atoms with Crippen LogP contribution in [0.15, 0.2) is 72.8 Å². The van der Waals surface area contributed by atoms with E-state index >= 15 is 0 Å². The van der Waals surface area contributed by atoms with Crippen LogP contribution in [-0.2, 0) is 18.9 Å². The van der Waals surface area contributed by atoms with Gasteiger partial charge in [0.25, 0.3) is 0 Å². The van der Waals surface area contributed by atoms with Crippen LogP contribution in [0.3, 0.4) is 0 Å². The van der Waals surface area contributed by atoms with E-state index in [1.807, 2.05) is 0 Å². The zero-order valence-electron chi connectivity index (χ0n) is 17.6. The minimum atomic E-state index is -2.26. The van der Waals surface area contributed by atoms with E-state index < -0.39 is 18.9 Å². The molecule has 0 bridgehead atoms. The molecule has 0 amide bonds. The van der Waals surface area contributed by atoms with Gasteiger partial charge >= 0.3 is 174 Å². The van der Waals surface area contributed by atoms with Gasteiger partial charge in [-0.1, -0.05) is 0 Å². The number of halogens is 2. The molecule has 0 nitrogen and oxygen atoms in total. The van der Waals surface area contributed by atoms with Gasteiger partial charge in [-0.05, 0) is 0 Å². The average Bonchev–Trinajstić information content (AvgIpc) is 3.07. The van der Waals surface area contributed by atoms with Crippen molar-refractivity contribution in [1.29, 1.82) is 0 Å². The SMILES string of the molecule is Cc1cc(C2=Cc3ccccc3[CH]2[Zr]([CH3])([CH3])=[SiH2])c2c(ccc3ccccc32)c1.Cl.Cl. The van der Waals surface area contributed by atoms with Gasteiger partial charge in [0, 0.05) is 0 Å². The molecule has 1 aliphatic carbocycles. The first kappa shape index (κ1) is 23.5. The maximum absolute atomic E-state index is 2.59. The third-order valence-corrected chi connectivity index (χ3v) is 13.8. The zero-order chi connectivity index (χ0) is 19.5. The normalized spacial score (nSPS) is 15.3. The van der Waals surface area contributed by atoms with Crippen LogP contribution >= 0.6 is 24.8 Å². The Hall–Kier alpha value is -1.18. The van der Waals surface area contributed by atoms with Gasteiger partial charge in [-0.25, -0.2) is 0 Å². The van der Waals surface area contributed by atoms with E-state index in [9.17, 15) is 0 Å². The average molecular weight is 530 g/mol. The van der Waals surface area contributed by atoms with E-state index in [1.54, 1.807) is 11.1 Å². The molecular weight excluding hydrogens is 503 g/mol. The van der Waals surface area contributed by atoms with Crippen LogP contribution in [-0.4, -0.2) is 6.88 Å². The summed E-state index contributed by atoms with van der Waals surface area (Å²) in [4.78, 5) is 0. The molecule has 0 heterocycles. The Labute approximate surface area is 197 Å². The van der Waals surface area contributed by atoms with E-state index in [0.29, 0.717) is 3.63 Å². The Balaban J connectivity index is 0.00000128. The summed E-state index contributed by atoms with van der Waals surface area (Å²) in [6.07, 6.45) is 2.49. The van der Waals surface area contributed by atoms with Crippen molar-refractivity contribution in [3.05, 3.63) is 95.1 Å². The van der Waals surface area contributed by atoms with E-state index in [-0.39, 0.29) is 24.8 Å². The van der Waals surface area contributed by atoms with E-state index in [2.05, 4.69) is 102 Å². The summed E-state index contributed by atoms with van der Waals surface area (Å²) >= 11 is -2.26. The van der Waals surface area contributed by atoms with Crippen LogP contribution in [0.25, 0.3) is 33.2 Å². The fraction of sp³-hybridized carbons (Fsp3) is 0.154. The first-order chi connectivity index (χ1) is 13.4. The van der Waals surface area contributed by atoms with E-state index in [4.69, 9.17) is 0 Å². The van der Waals surface area contributed by atoms with Crippen LogP contribution in [0.4, 0.5) is 0 Å². The van der Waals surface area contributed by atoms with Gasteiger partial charge in [0.2, 0.25) is 0 Å². The number of benzene rings is 4. The molecule has 0 saturated heterocycles. The minimum absolute atomic E-state index is 0. The molecule has 0 radical (unpaired) electrons. The first-order valence-electron chi connectivity index (χ1n) is 10.0. The Morgan fingerprint density at radius 1 is 0.800 bits per heavy atom. The minimum Gasteiger partial charge on any atom is -0.147 e. The second-order valence-electron chi connectivity index (χ2n) is 8.85. The van der Waals surface area contributed by atoms with Gasteiger partial charge in [-0.15, -0.1) is 24.8 Å². The Kier molecular flexibility index (Phi) is 6.85. The summed E-state index contributed by atoms with van der Waals surface area (Å²) in [5, 5.41) is 5.48. The van der Waals surface area contributed by atoms with Crippen LogP contribution in [0, 0.1) is 6.92 Å². The molecule has 153 valence electrons. The van der Waals surface area contributed by atoms with Crippen LogP contribution in [0.5, 0.6) is 0 Å². The molecule has 1 atom stereocenters. The van der Waals surface area contributed by atoms with Gasteiger partial charge < -0.3 is 0 Å². The summed E-state index contributed by atoms with van der Waals surface area (Å²) < 4.78 is 5.79. The standard InChI is InChI=1S/C24H17.2CH3.2ClH.H2Si.Zr/c1-16-12-20-11-10-17-6-4-5-9-22(17)24(20)23(13-16)21-14-18-7-2-3-8-19(18)15-21;;;;;;/h2-15H,1H3;2*1H3;2*1H;1H2;. The second-order valence-corrected chi connectivity index (χ2v) is 30.8. The van der Waals surface area contributed by atoms with Gasteiger partial charge in [0.15, 0.2) is 0 Å². The Morgan fingerprint density at radius 3 is 2.23 bits per heavy atom. The molecule has 0 fully saturated rings. The van der Waals surface area contributed by atoms with E-state index in [0.717, 1.165) is 0 Å². The fourth-order valence-corrected chi connectivity index (χ4v) is 12.9. The number of aryl methyl sites for hydroxylation is 1. The molecule has 30 heavy (non-hydrogen) atoms. The van der Waals surface area contributed by atoms with Crippen molar-refractivity contribution >= 4 is 64.9 Å². The van der Waals surface area contributed by atoms with Gasteiger partial charge in [-0.2, -0.15) is 0 Å². The fourth-order valence-electron chi connectivity index (χ4n) is 4.92. The third-order valence-electron chi connectivity index (χ3n) is 6.01. The molecule has 5 rings (SSSR count). The molecule has 0 saturated carbocycles. The van der Waals surface area contributed by atoms with Gasteiger partial charge in [-0.3, -0.25) is 0 Å². The van der Waals surface area contributed by atoms with Crippen molar-refractivity contribution in [2.75, 3.05) is 0 Å². The molecule has 0 spiro atoms. The molecule has 0 aliphatic heterocycles. The van der Waals surface area contributed by atoms with E-state index in [1.165, 1.54) is 38.2 Å². The molecule has 1 aliphatic rings. The van der Waals surface area contributed by atoms with Crippen molar-refractivity contribution in [3.63, 3.8) is 0 Å². The number of rotatable bonds is 2. The van der Waals surface area contributed by atoms with Crippen LogP contribution in [0.2, 0.25) is 9.26 Å². The van der Waals surface area contributed by atoms with Crippen LogP contribution in [0.1, 0.15) is 25.9 Å². The largest absolute Gasteiger partial charge is 0.147 e. The monoisotopic (exact) mass is 527 g/mol. The maximum atomic E-state index is 2.59. The summed E-state index contributed by atoms with van der Waals surface area (Å²) in [7, 11) is 0. The van der Waals surface area contributed by atoms with Crippen molar-refractivity contribution in [2.24, 2.45) is 0 Å². The van der Waals surface area contributed by atoms with Crippen molar-refractivity contribution in [2.45, 2.75) is 19.8 Å². The Morgan fingerprint density at radius 2 is 1.47 bits per heavy atom. The number of allylic oxidation sites excluding steroid dienone is 1. The summed E-state index contributed by atoms with van der Waals surface area (Å²) in [6, 6.07) is 27.2. The predicted octanol–water partition coefficient (Wildman–Crippen LogP) is 7.54. The number of fused-ring (bicyclic) bond motifs is 4. The maximum Gasteiger partial charge on any atom is -0.147 e. The van der Waals surface area contributed by atoms with Crippen molar-refractivity contribution in [3.8, 4) is 0 Å². The zero-order valence-corrected chi connectivity index (χ0v) is 23.1. The summed E-state index contributed by atoms with van der Waals surface area (Å²) in [6.45, 7) is 4.57. The third kappa shape index (κ3) is 3.89. The predicted molar refractivity (Wildman–Crippen MR) is 138 cm³/mol. The number of hydrogen-bond acceptors (Lipinski definition) is 0. The summed E-state index contributed by atoms with van der Waals surface area (Å²) in [5.41, 5.74) is 7.34.